The molecule has 1 aliphatic rings. The third-order valence-electron chi connectivity index (χ3n) is 3.70. The zero-order valence-electron chi connectivity index (χ0n) is 11.7. The second-order valence-electron chi connectivity index (χ2n) is 4.97. The van der Waals surface area contributed by atoms with Crippen LogP contribution >= 0.6 is 0 Å². The van der Waals surface area contributed by atoms with Gasteiger partial charge >= 0.3 is 5.97 Å². The third kappa shape index (κ3) is 2.86. The fourth-order valence-electron chi connectivity index (χ4n) is 2.48. The van der Waals surface area contributed by atoms with Gasteiger partial charge in [-0.2, -0.15) is 4.31 Å². The monoisotopic (exact) mass is 297 g/mol. The number of methoxy groups -OCH3 is 1. The highest BCUT2D eigenvalue weighted by atomic mass is 32.2. The first kappa shape index (κ1) is 15.0. The minimum Gasteiger partial charge on any atom is -0.469 e. The summed E-state index contributed by atoms with van der Waals surface area (Å²) in [5, 5.41) is 0. The molecule has 0 unspecified atom stereocenters. The van der Waals surface area contributed by atoms with E-state index < -0.39 is 10.0 Å². The summed E-state index contributed by atoms with van der Waals surface area (Å²) in [6.45, 7) is 2.50. The van der Waals surface area contributed by atoms with E-state index in [0.717, 1.165) is 5.56 Å². The van der Waals surface area contributed by atoms with E-state index >= 15 is 0 Å². The van der Waals surface area contributed by atoms with Crippen molar-refractivity contribution < 1.29 is 17.9 Å². The van der Waals surface area contributed by atoms with Gasteiger partial charge in [0.05, 0.1) is 17.9 Å². The number of carbonyl (C=O) groups excluding carboxylic acids is 1. The lowest BCUT2D eigenvalue weighted by Gasteiger charge is -2.30. The summed E-state index contributed by atoms with van der Waals surface area (Å²) >= 11 is 0. The molecule has 5 nitrogen and oxygen atoms in total. The van der Waals surface area contributed by atoms with E-state index in [2.05, 4.69) is 0 Å². The molecule has 0 aliphatic carbocycles. The SMILES string of the molecule is COC(=O)C1CCN(S(=O)(=O)c2ccccc2C)CC1. The molecule has 110 valence electrons. The van der Waals surface area contributed by atoms with E-state index in [1.54, 1.807) is 25.1 Å². The number of benzene rings is 1. The van der Waals surface area contributed by atoms with Gasteiger partial charge in [0.15, 0.2) is 0 Å². The zero-order valence-corrected chi connectivity index (χ0v) is 12.5. The van der Waals surface area contributed by atoms with E-state index in [4.69, 9.17) is 4.74 Å². The van der Waals surface area contributed by atoms with Crippen molar-refractivity contribution in [3.8, 4) is 0 Å². The zero-order chi connectivity index (χ0) is 14.8. The van der Waals surface area contributed by atoms with Crippen LogP contribution in [0.1, 0.15) is 18.4 Å². The quantitative estimate of drug-likeness (QED) is 0.794. The molecular formula is C14H19NO4S. The van der Waals surface area contributed by atoms with Crippen LogP contribution in [0.2, 0.25) is 0 Å². The standard InChI is InChI=1S/C14H19NO4S/c1-11-5-3-4-6-13(11)20(17,18)15-9-7-12(8-10-15)14(16)19-2/h3-6,12H,7-10H2,1-2H3. The predicted molar refractivity (Wildman–Crippen MR) is 74.7 cm³/mol. The van der Waals surface area contributed by atoms with E-state index in [1.165, 1.54) is 11.4 Å². The van der Waals surface area contributed by atoms with Crippen molar-refractivity contribution in [2.75, 3.05) is 20.2 Å². The largest absolute Gasteiger partial charge is 0.469 e. The van der Waals surface area contributed by atoms with Gasteiger partial charge in [-0.15, -0.1) is 0 Å². The van der Waals surface area contributed by atoms with E-state index in [-0.39, 0.29) is 11.9 Å². The summed E-state index contributed by atoms with van der Waals surface area (Å²) in [6, 6.07) is 6.95. The van der Waals surface area contributed by atoms with Gasteiger partial charge in [-0.1, -0.05) is 18.2 Å². The minimum absolute atomic E-state index is 0.191. The van der Waals surface area contributed by atoms with E-state index in [1.807, 2.05) is 6.07 Å². The molecule has 6 heteroatoms. The molecule has 1 aromatic carbocycles. The van der Waals surface area contributed by atoms with Crippen molar-refractivity contribution in [2.24, 2.45) is 5.92 Å². The predicted octanol–water partition coefficient (Wildman–Crippen LogP) is 1.57. The second-order valence-corrected chi connectivity index (χ2v) is 6.87. The molecule has 1 aliphatic heterocycles. The van der Waals surface area contributed by atoms with Crippen LogP contribution in [0.15, 0.2) is 29.2 Å². The van der Waals surface area contributed by atoms with Gasteiger partial charge in [0.1, 0.15) is 0 Å². The fourth-order valence-corrected chi connectivity index (χ4v) is 4.18. The van der Waals surface area contributed by atoms with Crippen molar-refractivity contribution >= 4 is 16.0 Å². The number of hydrogen-bond donors (Lipinski definition) is 0. The van der Waals surface area contributed by atoms with Crippen molar-refractivity contribution in [1.82, 2.24) is 4.31 Å². The molecular weight excluding hydrogens is 278 g/mol. The Morgan fingerprint density at radius 3 is 2.40 bits per heavy atom. The van der Waals surface area contributed by atoms with Crippen LogP contribution in [0.25, 0.3) is 0 Å². The molecule has 0 aromatic heterocycles. The van der Waals surface area contributed by atoms with Crippen LogP contribution < -0.4 is 0 Å². The Balaban J connectivity index is 2.14. The number of aryl methyl sites for hydroxylation is 1. The Morgan fingerprint density at radius 1 is 1.25 bits per heavy atom. The summed E-state index contributed by atoms with van der Waals surface area (Å²) in [7, 11) is -2.11. The Hall–Kier alpha value is -1.40. The number of ether oxygens (including phenoxy) is 1. The normalized spacial score (nSPS) is 17.9. The van der Waals surface area contributed by atoms with E-state index in [9.17, 15) is 13.2 Å². The van der Waals surface area contributed by atoms with Crippen molar-refractivity contribution in [2.45, 2.75) is 24.7 Å². The maximum Gasteiger partial charge on any atom is 0.308 e. The number of esters is 1. The summed E-state index contributed by atoms with van der Waals surface area (Å²) < 4.78 is 31.3. The fraction of sp³-hybridized carbons (Fsp3) is 0.500. The summed E-state index contributed by atoms with van der Waals surface area (Å²) in [4.78, 5) is 11.8. The molecule has 0 saturated carbocycles. The van der Waals surface area contributed by atoms with Crippen molar-refractivity contribution in [3.63, 3.8) is 0 Å². The average molecular weight is 297 g/mol. The highest BCUT2D eigenvalue weighted by molar-refractivity contribution is 7.89. The second kappa shape index (κ2) is 5.93. The number of piperidine rings is 1. The Kier molecular flexibility index (Phi) is 4.45. The third-order valence-corrected chi connectivity index (χ3v) is 5.76. The molecule has 0 spiro atoms. The Labute approximate surface area is 119 Å². The van der Waals surface area contributed by atoms with E-state index in [0.29, 0.717) is 30.8 Å². The molecule has 0 radical (unpaired) electrons. The van der Waals surface area contributed by atoms with Gasteiger partial charge in [0, 0.05) is 13.1 Å². The van der Waals surface area contributed by atoms with Gasteiger partial charge in [-0.3, -0.25) is 4.79 Å². The van der Waals surface area contributed by atoms with Gasteiger partial charge in [0.2, 0.25) is 10.0 Å². The molecule has 1 aromatic rings. The number of sulfonamides is 1. The van der Waals surface area contributed by atoms with Gasteiger partial charge < -0.3 is 4.74 Å². The Morgan fingerprint density at radius 2 is 1.85 bits per heavy atom. The van der Waals surface area contributed by atoms with Crippen LogP contribution in [0.4, 0.5) is 0 Å². The van der Waals surface area contributed by atoms with Crippen LogP contribution in [-0.4, -0.2) is 38.9 Å². The molecule has 0 N–H and O–H groups in total. The molecule has 0 atom stereocenters. The molecule has 0 bridgehead atoms. The van der Waals surface area contributed by atoms with Gasteiger partial charge in [-0.25, -0.2) is 8.42 Å². The average Bonchev–Trinajstić information content (AvgIpc) is 2.47. The maximum atomic E-state index is 12.6. The van der Waals surface area contributed by atoms with Crippen molar-refractivity contribution in [1.29, 1.82) is 0 Å². The highest BCUT2D eigenvalue weighted by Crippen LogP contribution is 2.25. The smallest absolute Gasteiger partial charge is 0.308 e. The van der Waals surface area contributed by atoms with Crippen LogP contribution in [0.5, 0.6) is 0 Å². The molecule has 1 heterocycles. The molecule has 20 heavy (non-hydrogen) atoms. The van der Waals surface area contributed by atoms with Gasteiger partial charge in [-0.05, 0) is 31.4 Å². The van der Waals surface area contributed by atoms with Gasteiger partial charge in [0.25, 0.3) is 0 Å². The lowest BCUT2D eigenvalue weighted by Crippen LogP contribution is -2.40. The lowest BCUT2D eigenvalue weighted by atomic mass is 9.99. The number of rotatable bonds is 3. The summed E-state index contributed by atoms with van der Waals surface area (Å²) in [6.07, 6.45) is 1.02. The number of nitrogens with zero attached hydrogens (tertiary/aromatic N) is 1. The van der Waals surface area contributed by atoms with Crippen LogP contribution in [-0.2, 0) is 19.6 Å². The summed E-state index contributed by atoms with van der Waals surface area (Å²) in [5.41, 5.74) is 0.739. The lowest BCUT2D eigenvalue weighted by molar-refractivity contribution is -0.146. The molecule has 1 fully saturated rings. The molecule has 2 rings (SSSR count). The highest BCUT2D eigenvalue weighted by Gasteiger charge is 2.32. The maximum absolute atomic E-state index is 12.6. The first-order chi connectivity index (χ1) is 9.46. The molecule has 1 saturated heterocycles. The van der Waals surface area contributed by atoms with Crippen LogP contribution in [0.3, 0.4) is 0 Å². The first-order valence-electron chi connectivity index (χ1n) is 6.60. The summed E-state index contributed by atoms with van der Waals surface area (Å²) in [5.74, 6) is -0.443. The Bertz CT molecular complexity index is 589. The number of carbonyl (C=O) groups is 1. The molecule has 0 amide bonds. The number of hydrogen-bond acceptors (Lipinski definition) is 4. The van der Waals surface area contributed by atoms with Crippen LogP contribution in [0, 0.1) is 12.8 Å². The first-order valence-corrected chi connectivity index (χ1v) is 8.04. The van der Waals surface area contributed by atoms with Crippen molar-refractivity contribution in [3.05, 3.63) is 29.8 Å². The minimum atomic E-state index is -3.47. The topological polar surface area (TPSA) is 63.7 Å².